The molecular formula is C24H22ClFN2O2. The molecule has 1 saturated heterocycles. The molecular weight excluding hydrogens is 403 g/mol. The van der Waals surface area contributed by atoms with Crippen LogP contribution in [0.3, 0.4) is 0 Å². The van der Waals surface area contributed by atoms with Gasteiger partial charge in [0.05, 0.1) is 25.3 Å². The quantitative estimate of drug-likeness (QED) is 0.600. The average Bonchev–Trinajstić information content (AvgIpc) is 2.77. The SMILES string of the molecule is O=C(Cc1ccc(F)cc1)N1CCO[C@@H](c2ccc(Cc3ccccc3Cl)cn2)C1. The predicted molar refractivity (Wildman–Crippen MR) is 114 cm³/mol. The summed E-state index contributed by atoms with van der Waals surface area (Å²) in [6, 6.07) is 17.8. The summed E-state index contributed by atoms with van der Waals surface area (Å²) in [4.78, 5) is 19.0. The Bertz CT molecular complexity index is 1010. The largest absolute Gasteiger partial charge is 0.368 e. The smallest absolute Gasteiger partial charge is 0.227 e. The molecule has 0 unspecified atom stereocenters. The van der Waals surface area contributed by atoms with Gasteiger partial charge in [0.15, 0.2) is 0 Å². The highest BCUT2D eigenvalue weighted by Crippen LogP contribution is 2.23. The van der Waals surface area contributed by atoms with Gasteiger partial charge in [-0.05, 0) is 41.0 Å². The molecule has 1 aromatic heterocycles. The fraction of sp³-hybridized carbons (Fsp3) is 0.250. The molecule has 2 aromatic carbocycles. The lowest BCUT2D eigenvalue weighted by Crippen LogP contribution is -2.43. The van der Waals surface area contributed by atoms with Crippen LogP contribution in [0.5, 0.6) is 0 Å². The van der Waals surface area contributed by atoms with E-state index >= 15 is 0 Å². The maximum atomic E-state index is 13.1. The molecule has 0 N–H and O–H groups in total. The number of morpholine rings is 1. The second kappa shape index (κ2) is 9.37. The maximum Gasteiger partial charge on any atom is 0.227 e. The lowest BCUT2D eigenvalue weighted by molar-refractivity contribution is -0.138. The molecule has 4 rings (SSSR count). The summed E-state index contributed by atoms with van der Waals surface area (Å²) in [5.74, 6) is -0.299. The van der Waals surface area contributed by atoms with E-state index in [4.69, 9.17) is 16.3 Å². The maximum absolute atomic E-state index is 13.1. The standard InChI is InChI=1S/C24H22ClFN2O2/c25-21-4-2-1-3-19(21)13-18-7-10-22(27-15-18)23-16-28(11-12-30-23)24(29)14-17-5-8-20(26)9-6-17/h1-10,15,23H,11-14,16H2/t23-/m1/s1. The predicted octanol–water partition coefficient (Wildman–Crippen LogP) is 4.61. The Kier molecular flexibility index (Phi) is 6.41. The lowest BCUT2D eigenvalue weighted by atomic mass is 10.1. The Labute approximate surface area is 180 Å². The van der Waals surface area contributed by atoms with Gasteiger partial charge in [0.1, 0.15) is 11.9 Å². The Morgan fingerprint density at radius 1 is 1.10 bits per heavy atom. The Morgan fingerprint density at radius 2 is 1.87 bits per heavy atom. The van der Waals surface area contributed by atoms with Crippen molar-refractivity contribution in [3.05, 3.63) is 100 Å². The molecule has 1 amide bonds. The minimum atomic E-state index is -0.304. The monoisotopic (exact) mass is 424 g/mol. The molecule has 1 atom stereocenters. The minimum Gasteiger partial charge on any atom is -0.368 e. The first-order valence-corrected chi connectivity index (χ1v) is 10.3. The summed E-state index contributed by atoms with van der Waals surface area (Å²) in [5, 5.41) is 0.743. The normalized spacial score (nSPS) is 16.5. The van der Waals surface area contributed by atoms with E-state index in [-0.39, 0.29) is 24.2 Å². The number of hydrogen-bond donors (Lipinski definition) is 0. The van der Waals surface area contributed by atoms with Crippen LogP contribution in [0.2, 0.25) is 5.02 Å². The second-order valence-corrected chi connectivity index (χ2v) is 7.77. The molecule has 1 aliphatic rings. The fourth-order valence-corrected chi connectivity index (χ4v) is 3.74. The summed E-state index contributed by atoms with van der Waals surface area (Å²) < 4.78 is 18.9. The summed E-state index contributed by atoms with van der Waals surface area (Å²) in [6.07, 6.45) is 2.53. The van der Waals surface area contributed by atoms with Crippen molar-refractivity contribution in [1.29, 1.82) is 0 Å². The van der Waals surface area contributed by atoms with Crippen LogP contribution in [0.1, 0.15) is 28.5 Å². The van der Waals surface area contributed by atoms with Crippen molar-refractivity contribution < 1.29 is 13.9 Å². The molecule has 2 heterocycles. The highest BCUT2D eigenvalue weighted by atomic mass is 35.5. The zero-order valence-electron chi connectivity index (χ0n) is 16.4. The number of carbonyl (C=O) groups excluding carboxylic acids is 1. The van der Waals surface area contributed by atoms with Crippen LogP contribution < -0.4 is 0 Å². The zero-order valence-corrected chi connectivity index (χ0v) is 17.2. The number of hydrogen-bond acceptors (Lipinski definition) is 3. The minimum absolute atomic E-state index is 0.00486. The van der Waals surface area contributed by atoms with Crippen LogP contribution in [-0.2, 0) is 22.4 Å². The van der Waals surface area contributed by atoms with Crippen LogP contribution in [-0.4, -0.2) is 35.5 Å². The number of aromatic nitrogens is 1. The Hall–Kier alpha value is -2.76. The van der Waals surface area contributed by atoms with Crippen LogP contribution in [0.4, 0.5) is 4.39 Å². The van der Waals surface area contributed by atoms with Crippen LogP contribution in [0.15, 0.2) is 66.9 Å². The van der Waals surface area contributed by atoms with E-state index in [1.807, 2.05) is 42.6 Å². The van der Waals surface area contributed by atoms with E-state index in [2.05, 4.69) is 4.98 Å². The first-order chi connectivity index (χ1) is 14.6. The van der Waals surface area contributed by atoms with Crippen LogP contribution >= 0.6 is 11.6 Å². The van der Waals surface area contributed by atoms with Gasteiger partial charge in [0, 0.05) is 24.2 Å². The molecule has 30 heavy (non-hydrogen) atoms. The van der Waals surface area contributed by atoms with E-state index in [0.717, 1.165) is 27.4 Å². The van der Waals surface area contributed by atoms with E-state index in [1.165, 1.54) is 12.1 Å². The van der Waals surface area contributed by atoms with Crippen molar-refractivity contribution in [2.24, 2.45) is 0 Å². The highest BCUT2D eigenvalue weighted by molar-refractivity contribution is 6.31. The van der Waals surface area contributed by atoms with Crippen molar-refractivity contribution >= 4 is 17.5 Å². The van der Waals surface area contributed by atoms with Crippen molar-refractivity contribution in [2.45, 2.75) is 18.9 Å². The summed E-state index contributed by atoms with van der Waals surface area (Å²) in [6.45, 7) is 1.46. The highest BCUT2D eigenvalue weighted by Gasteiger charge is 2.26. The number of carbonyl (C=O) groups is 1. The van der Waals surface area contributed by atoms with Crippen molar-refractivity contribution in [1.82, 2.24) is 9.88 Å². The second-order valence-electron chi connectivity index (χ2n) is 7.36. The van der Waals surface area contributed by atoms with Crippen molar-refractivity contribution in [3.63, 3.8) is 0 Å². The van der Waals surface area contributed by atoms with Gasteiger partial charge in [-0.15, -0.1) is 0 Å². The number of ether oxygens (including phenoxy) is 1. The average molecular weight is 425 g/mol. The van der Waals surface area contributed by atoms with Gasteiger partial charge in [-0.2, -0.15) is 0 Å². The van der Waals surface area contributed by atoms with E-state index in [9.17, 15) is 9.18 Å². The number of pyridine rings is 1. The van der Waals surface area contributed by atoms with Gasteiger partial charge in [-0.3, -0.25) is 9.78 Å². The fourth-order valence-electron chi connectivity index (χ4n) is 3.54. The summed E-state index contributed by atoms with van der Waals surface area (Å²) in [7, 11) is 0. The van der Waals surface area contributed by atoms with Gasteiger partial charge < -0.3 is 9.64 Å². The molecule has 0 saturated carbocycles. The first-order valence-electron chi connectivity index (χ1n) is 9.90. The molecule has 0 aliphatic carbocycles. The van der Waals surface area contributed by atoms with Gasteiger partial charge in [-0.25, -0.2) is 4.39 Å². The molecule has 154 valence electrons. The van der Waals surface area contributed by atoms with E-state index in [1.54, 1.807) is 17.0 Å². The topological polar surface area (TPSA) is 42.4 Å². The van der Waals surface area contributed by atoms with E-state index in [0.29, 0.717) is 26.1 Å². The van der Waals surface area contributed by atoms with Gasteiger partial charge in [0.25, 0.3) is 0 Å². The molecule has 6 heteroatoms. The summed E-state index contributed by atoms with van der Waals surface area (Å²) >= 11 is 6.24. The van der Waals surface area contributed by atoms with E-state index < -0.39 is 0 Å². The molecule has 4 nitrogen and oxygen atoms in total. The molecule has 1 fully saturated rings. The third kappa shape index (κ3) is 5.04. The van der Waals surface area contributed by atoms with Gasteiger partial charge in [0.2, 0.25) is 5.91 Å². The molecule has 0 spiro atoms. The number of amides is 1. The number of halogens is 2. The van der Waals surface area contributed by atoms with Crippen molar-refractivity contribution in [2.75, 3.05) is 19.7 Å². The Morgan fingerprint density at radius 3 is 2.60 bits per heavy atom. The third-order valence-electron chi connectivity index (χ3n) is 5.22. The number of rotatable bonds is 5. The molecule has 0 radical (unpaired) electrons. The lowest BCUT2D eigenvalue weighted by Gasteiger charge is -2.32. The third-order valence-corrected chi connectivity index (χ3v) is 5.59. The molecule has 1 aliphatic heterocycles. The molecule has 3 aromatic rings. The number of nitrogens with zero attached hydrogens (tertiary/aromatic N) is 2. The van der Waals surface area contributed by atoms with Gasteiger partial charge in [-0.1, -0.05) is 48.0 Å². The Balaban J connectivity index is 1.38. The van der Waals surface area contributed by atoms with Crippen LogP contribution in [0.25, 0.3) is 0 Å². The van der Waals surface area contributed by atoms with Crippen molar-refractivity contribution in [3.8, 4) is 0 Å². The number of benzene rings is 2. The summed E-state index contributed by atoms with van der Waals surface area (Å²) in [5.41, 5.74) is 3.72. The van der Waals surface area contributed by atoms with Crippen LogP contribution in [0, 0.1) is 5.82 Å². The van der Waals surface area contributed by atoms with Gasteiger partial charge >= 0.3 is 0 Å². The first kappa shape index (κ1) is 20.5. The molecule has 0 bridgehead atoms. The zero-order chi connectivity index (χ0) is 20.9.